The van der Waals surface area contributed by atoms with Gasteiger partial charge in [-0.25, -0.2) is 5.43 Å². The van der Waals surface area contributed by atoms with Crippen LogP contribution in [0.1, 0.15) is 23.2 Å². The Morgan fingerprint density at radius 3 is 2.91 bits per heavy atom. The molecule has 0 unspecified atom stereocenters. The summed E-state index contributed by atoms with van der Waals surface area (Å²) < 4.78 is 16.7. The SMILES string of the molecule is CCOc1ccc2oc(C(=O)N/N=C/c3ccc(Br)o3)cc2c1. The van der Waals surface area contributed by atoms with Crippen molar-refractivity contribution >= 4 is 39.0 Å². The van der Waals surface area contributed by atoms with Crippen LogP contribution in [0, 0.1) is 0 Å². The highest BCUT2D eigenvalue weighted by molar-refractivity contribution is 9.10. The van der Waals surface area contributed by atoms with Gasteiger partial charge in [0.25, 0.3) is 0 Å². The van der Waals surface area contributed by atoms with Crippen LogP contribution in [0.25, 0.3) is 11.0 Å². The summed E-state index contributed by atoms with van der Waals surface area (Å²) in [5.74, 6) is 0.977. The summed E-state index contributed by atoms with van der Waals surface area (Å²) in [6.07, 6.45) is 1.40. The van der Waals surface area contributed by atoms with Crippen molar-refractivity contribution in [3.8, 4) is 5.75 Å². The molecule has 0 aliphatic heterocycles. The van der Waals surface area contributed by atoms with Gasteiger partial charge in [-0.05, 0) is 59.3 Å². The Labute approximate surface area is 140 Å². The smallest absolute Gasteiger partial charge is 0.307 e. The lowest BCUT2D eigenvalue weighted by Crippen LogP contribution is -2.16. The van der Waals surface area contributed by atoms with Crippen LogP contribution in [0.3, 0.4) is 0 Å². The standard InChI is InChI=1S/C16H13BrN2O4/c1-2-21-11-3-5-13-10(7-11)8-14(23-13)16(20)19-18-9-12-4-6-15(17)22-12/h3-9H,2H2,1H3,(H,19,20)/b18-9+. The molecule has 118 valence electrons. The number of amides is 1. The Hall–Kier alpha value is -2.54. The van der Waals surface area contributed by atoms with Gasteiger partial charge in [-0.1, -0.05) is 0 Å². The number of hydrazone groups is 1. The fourth-order valence-corrected chi connectivity index (χ4v) is 2.32. The van der Waals surface area contributed by atoms with Crippen molar-refractivity contribution in [2.45, 2.75) is 6.92 Å². The van der Waals surface area contributed by atoms with E-state index in [1.54, 1.807) is 30.3 Å². The number of halogens is 1. The van der Waals surface area contributed by atoms with E-state index in [2.05, 4.69) is 26.5 Å². The number of furan rings is 2. The quantitative estimate of drug-likeness (QED) is 0.540. The molecule has 23 heavy (non-hydrogen) atoms. The number of ether oxygens (including phenoxy) is 1. The molecule has 0 bridgehead atoms. The minimum absolute atomic E-state index is 0.173. The van der Waals surface area contributed by atoms with E-state index in [0.717, 1.165) is 11.1 Å². The number of carbonyl (C=O) groups excluding carboxylic acids is 1. The molecule has 0 saturated carbocycles. The molecule has 0 saturated heterocycles. The Kier molecular flexibility index (Phi) is 4.47. The van der Waals surface area contributed by atoms with Gasteiger partial charge in [0.2, 0.25) is 0 Å². The zero-order chi connectivity index (χ0) is 16.2. The van der Waals surface area contributed by atoms with Gasteiger partial charge < -0.3 is 13.6 Å². The maximum absolute atomic E-state index is 12.0. The molecule has 1 N–H and O–H groups in total. The average molecular weight is 377 g/mol. The Morgan fingerprint density at radius 1 is 1.30 bits per heavy atom. The second-order valence-corrected chi connectivity index (χ2v) is 5.37. The number of carbonyl (C=O) groups is 1. The summed E-state index contributed by atoms with van der Waals surface area (Å²) in [7, 11) is 0. The van der Waals surface area contributed by atoms with E-state index in [-0.39, 0.29) is 5.76 Å². The molecule has 1 amide bonds. The molecule has 0 atom stereocenters. The fraction of sp³-hybridized carbons (Fsp3) is 0.125. The highest BCUT2D eigenvalue weighted by Crippen LogP contribution is 2.24. The number of benzene rings is 1. The predicted molar refractivity (Wildman–Crippen MR) is 88.9 cm³/mol. The third-order valence-electron chi connectivity index (χ3n) is 2.97. The van der Waals surface area contributed by atoms with Crippen molar-refractivity contribution in [2.24, 2.45) is 5.10 Å². The molecule has 0 aliphatic carbocycles. The molecule has 0 aliphatic rings. The van der Waals surface area contributed by atoms with Crippen LogP contribution >= 0.6 is 15.9 Å². The summed E-state index contributed by atoms with van der Waals surface area (Å²) in [6, 6.07) is 10.5. The number of nitrogens with one attached hydrogen (secondary N) is 1. The predicted octanol–water partition coefficient (Wildman–Crippen LogP) is 3.95. The van der Waals surface area contributed by atoms with Crippen LogP contribution in [0.4, 0.5) is 0 Å². The van der Waals surface area contributed by atoms with Gasteiger partial charge in [0.05, 0.1) is 12.8 Å². The third-order valence-corrected chi connectivity index (χ3v) is 3.40. The number of hydrogen-bond acceptors (Lipinski definition) is 5. The van der Waals surface area contributed by atoms with E-state index in [1.807, 2.05) is 13.0 Å². The van der Waals surface area contributed by atoms with Gasteiger partial charge in [-0.2, -0.15) is 5.10 Å². The van der Waals surface area contributed by atoms with Crippen LogP contribution in [0.5, 0.6) is 5.75 Å². The van der Waals surface area contributed by atoms with Gasteiger partial charge in [-0.15, -0.1) is 0 Å². The summed E-state index contributed by atoms with van der Waals surface area (Å²) in [6.45, 7) is 2.49. The van der Waals surface area contributed by atoms with Crippen LogP contribution in [-0.4, -0.2) is 18.7 Å². The number of hydrogen-bond donors (Lipinski definition) is 1. The summed E-state index contributed by atoms with van der Waals surface area (Å²) >= 11 is 3.19. The first-order valence-electron chi connectivity index (χ1n) is 6.91. The Morgan fingerprint density at radius 2 is 2.17 bits per heavy atom. The summed E-state index contributed by atoms with van der Waals surface area (Å²) in [5, 5.41) is 4.62. The average Bonchev–Trinajstić information content (AvgIpc) is 3.13. The van der Waals surface area contributed by atoms with E-state index in [4.69, 9.17) is 13.6 Å². The molecule has 0 spiro atoms. The number of rotatable bonds is 5. The normalized spacial score (nSPS) is 11.2. The topological polar surface area (TPSA) is 77.0 Å². The zero-order valence-electron chi connectivity index (χ0n) is 12.2. The first-order chi connectivity index (χ1) is 11.2. The lowest BCUT2D eigenvalue weighted by atomic mass is 10.2. The lowest BCUT2D eigenvalue weighted by Gasteiger charge is -2.00. The Balaban J connectivity index is 1.71. The highest BCUT2D eigenvalue weighted by Gasteiger charge is 2.12. The second-order valence-electron chi connectivity index (χ2n) is 4.58. The molecule has 7 heteroatoms. The van der Waals surface area contributed by atoms with Crippen molar-refractivity contribution in [3.05, 3.63) is 52.6 Å². The second kappa shape index (κ2) is 6.70. The maximum Gasteiger partial charge on any atom is 0.307 e. The molecular formula is C16H13BrN2O4. The van der Waals surface area contributed by atoms with E-state index >= 15 is 0 Å². The van der Waals surface area contributed by atoms with Crippen LogP contribution in [0.2, 0.25) is 0 Å². The molecule has 0 radical (unpaired) electrons. The molecular weight excluding hydrogens is 364 g/mol. The van der Waals surface area contributed by atoms with E-state index in [9.17, 15) is 4.79 Å². The van der Waals surface area contributed by atoms with E-state index in [0.29, 0.717) is 22.6 Å². The van der Waals surface area contributed by atoms with Crippen molar-refractivity contribution in [3.63, 3.8) is 0 Å². The van der Waals surface area contributed by atoms with Crippen molar-refractivity contribution < 1.29 is 18.4 Å². The van der Waals surface area contributed by atoms with Crippen molar-refractivity contribution in [1.82, 2.24) is 5.43 Å². The van der Waals surface area contributed by atoms with Crippen LogP contribution in [0.15, 0.2) is 55.0 Å². The van der Waals surface area contributed by atoms with Gasteiger partial charge in [-0.3, -0.25) is 4.79 Å². The molecule has 2 heterocycles. The number of fused-ring (bicyclic) bond motifs is 1. The molecule has 3 rings (SSSR count). The fourth-order valence-electron chi connectivity index (χ4n) is 2.00. The largest absolute Gasteiger partial charge is 0.494 e. The molecule has 0 fully saturated rings. The van der Waals surface area contributed by atoms with Crippen LogP contribution < -0.4 is 10.2 Å². The summed E-state index contributed by atoms with van der Waals surface area (Å²) in [5.41, 5.74) is 3.00. The Bertz CT molecular complexity index is 866. The first kappa shape index (κ1) is 15.4. The maximum atomic E-state index is 12.0. The highest BCUT2D eigenvalue weighted by atomic mass is 79.9. The van der Waals surface area contributed by atoms with Gasteiger partial charge in [0.15, 0.2) is 10.4 Å². The summed E-state index contributed by atoms with van der Waals surface area (Å²) in [4.78, 5) is 12.0. The van der Waals surface area contributed by atoms with Crippen molar-refractivity contribution in [2.75, 3.05) is 6.61 Å². The number of nitrogens with zero attached hydrogens (tertiary/aromatic N) is 1. The monoisotopic (exact) mass is 376 g/mol. The minimum atomic E-state index is -0.443. The first-order valence-corrected chi connectivity index (χ1v) is 7.70. The van der Waals surface area contributed by atoms with E-state index < -0.39 is 5.91 Å². The lowest BCUT2D eigenvalue weighted by molar-refractivity contribution is 0.0929. The molecule has 1 aromatic carbocycles. The van der Waals surface area contributed by atoms with Gasteiger partial charge in [0.1, 0.15) is 17.1 Å². The molecule has 6 nitrogen and oxygen atoms in total. The zero-order valence-corrected chi connectivity index (χ0v) is 13.8. The van der Waals surface area contributed by atoms with Gasteiger partial charge in [0, 0.05) is 5.39 Å². The molecule has 2 aromatic heterocycles. The van der Waals surface area contributed by atoms with Gasteiger partial charge >= 0.3 is 5.91 Å². The third kappa shape index (κ3) is 3.62. The van der Waals surface area contributed by atoms with E-state index in [1.165, 1.54) is 6.21 Å². The van der Waals surface area contributed by atoms with Crippen LogP contribution in [-0.2, 0) is 0 Å². The minimum Gasteiger partial charge on any atom is -0.494 e. The van der Waals surface area contributed by atoms with Crippen molar-refractivity contribution in [1.29, 1.82) is 0 Å². The molecule has 3 aromatic rings.